The maximum Gasteiger partial charge on any atom is 0.319 e. The first-order chi connectivity index (χ1) is 14.3. The molecule has 3 aliphatic rings. The van der Waals surface area contributed by atoms with Crippen molar-refractivity contribution >= 4 is 44.3 Å². The molecule has 3 fully saturated rings. The predicted octanol–water partition coefficient (Wildman–Crippen LogP) is 5.14. The zero-order chi connectivity index (χ0) is 21.0. The van der Waals surface area contributed by atoms with Crippen LogP contribution in [0.2, 0.25) is 5.02 Å². The van der Waals surface area contributed by atoms with E-state index in [4.69, 9.17) is 21.3 Å². The summed E-state index contributed by atoms with van der Waals surface area (Å²) in [6, 6.07) is 2.03. The first kappa shape index (κ1) is 20.7. The van der Waals surface area contributed by atoms with Gasteiger partial charge < -0.3 is 14.5 Å². The molecule has 1 aliphatic heterocycles. The van der Waals surface area contributed by atoms with Crippen molar-refractivity contribution in [3.8, 4) is 6.01 Å². The summed E-state index contributed by atoms with van der Waals surface area (Å²) in [5, 5.41) is 0.991. The van der Waals surface area contributed by atoms with E-state index in [-0.39, 0.29) is 21.4 Å². The van der Waals surface area contributed by atoms with Gasteiger partial charge in [0.05, 0.1) is 16.1 Å². The van der Waals surface area contributed by atoms with E-state index >= 15 is 4.39 Å². The molecule has 2 aromatic rings. The second kappa shape index (κ2) is 7.75. The summed E-state index contributed by atoms with van der Waals surface area (Å²) >= 11 is 9.55. The minimum Gasteiger partial charge on any atom is -0.463 e. The standard InChI is InChI=1S/C22H27BrClFN4O/c1-28(2)11-22(5-6-22)12-30-21-26-19-15(8-16(24)17(23)18(19)25)20(27-21)29-9-13-3-4-14(7-13)10-29/h8,13-14H,3-7,9-12H2,1-2H3. The summed E-state index contributed by atoms with van der Waals surface area (Å²) in [6.07, 6.45) is 6.09. The number of benzene rings is 1. The van der Waals surface area contributed by atoms with Gasteiger partial charge in [0.25, 0.3) is 0 Å². The smallest absolute Gasteiger partial charge is 0.319 e. The van der Waals surface area contributed by atoms with Gasteiger partial charge in [-0.15, -0.1) is 0 Å². The van der Waals surface area contributed by atoms with Crippen molar-refractivity contribution < 1.29 is 9.13 Å². The second-order valence-corrected chi connectivity index (χ2v) is 10.9. The van der Waals surface area contributed by atoms with Crippen molar-refractivity contribution in [2.24, 2.45) is 17.3 Å². The number of hydrogen-bond acceptors (Lipinski definition) is 5. The van der Waals surface area contributed by atoms with Gasteiger partial charge in [-0.2, -0.15) is 9.97 Å². The van der Waals surface area contributed by atoms with E-state index in [1.807, 2.05) is 0 Å². The lowest BCUT2D eigenvalue weighted by molar-refractivity contribution is 0.183. The summed E-state index contributed by atoms with van der Waals surface area (Å²) in [5.41, 5.74) is 0.423. The van der Waals surface area contributed by atoms with E-state index in [0.29, 0.717) is 28.9 Å². The highest BCUT2D eigenvalue weighted by Gasteiger charge is 2.44. The van der Waals surface area contributed by atoms with Crippen LogP contribution in [0.3, 0.4) is 0 Å². The van der Waals surface area contributed by atoms with E-state index in [1.165, 1.54) is 19.3 Å². The lowest BCUT2D eigenvalue weighted by Crippen LogP contribution is -2.37. The third-order valence-corrected chi connectivity index (χ3v) is 8.11. The fourth-order valence-corrected chi connectivity index (χ4v) is 5.73. The van der Waals surface area contributed by atoms with Gasteiger partial charge in [0.15, 0.2) is 5.82 Å². The van der Waals surface area contributed by atoms with Gasteiger partial charge in [0.2, 0.25) is 0 Å². The Balaban J connectivity index is 1.52. The van der Waals surface area contributed by atoms with Gasteiger partial charge in [-0.3, -0.25) is 0 Å². The van der Waals surface area contributed by atoms with Crippen molar-refractivity contribution in [3.63, 3.8) is 0 Å². The molecule has 0 amide bonds. The van der Waals surface area contributed by atoms with Gasteiger partial charge in [0, 0.05) is 30.4 Å². The number of anilines is 1. The number of halogens is 3. The average molecular weight is 498 g/mol. The van der Waals surface area contributed by atoms with E-state index < -0.39 is 5.82 Å². The molecule has 2 aliphatic carbocycles. The molecule has 1 aromatic carbocycles. The van der Waals surface area contributed by atoms with Gasteiger partial charge in [-0.25, -0.2) is 4.39 Å². The summed E-state index contributed by atoms with van der Waals surface area (Å²) < 4.78 is 21.4. The molecule has 30 heavy (non-hydrogen) atoms. The van der Waals surface area contributed by atoms with Crippen molar-refractivity contribution in [2.45, 2.75) is 32.1 Å². The molecule has 2 unspecified atom stereocenters. The highest BCUT2D eigenvalue weighted by atomic mass is 79.9. The lowest BCUT2D eigenvalue weighted by atomic mass is 9.98. The van der Waals surface area contributed by atoms with Gasteiger partial charge in [-0.1, -0.05) is 11.6 Å². The maximum atomic E-state index is 15.1. The first-order valence-corrected chi connectivity index (χ1v) is 11.9. The molecule has 2 atom stereocenters. The van der Waals surface area contributed by atoms with Crippen LogP contribution in [0.4, 0.5) is 10.2 Å². The molecule has 2 heterocycles. The van der Waals surface area contributed by atoms with Crippen LogP contribution in [0.5, 0.6) is 6.01 Å². The van der Waals surface area contributed by atoms with Crippen LogP contribution in [0.15, 0.2) is 10.5 Å². The van der Waals surface area contributed by atoms with E-state index in [0.717, 1.165) is 38.3 Å². The van der Waals surface area contributed by atoms with Crippen molar-refractivity contribution in [3.05, 3.63) is 21.4 Å². The molecule has 5 rings (SSSR count). The summed E-state index contributed by atoms with van der Waals surface area (Å²) in [5.74, 6) is 1.66. The number of nitrogens with zero attached hydrogens (tertiary/aromatic N) is 4. The van der Waals surface area contributed by atoms with Crippen molar-refractivity contribution in [2.75, 3.05) is 45.2 Å². The topological polar surface area (TPSA) is 41.5 Å². The van der Waals surface area contributed by atoms with E-state index in [2.05, 4.69) is 44.8 Å². The predicted molar refractivity (Wildman–Crippen MR) is 121 cm³/mol. The fraction of sp³-hybridized carbons (Fsp3) is 0.636. The SMILES string of the molecule is CN(C)CC1(COc2nc(N3CC4CCC(C4)C3)c3cc(Cl)c(Br)c(F)c3n2)CC1. The monoisotopic (exact) mass is 496 g/mol. The Morgan fingerprint density at radius 2 is 1.97 bits per heavy atom. The number of piperidine rings is 1. The Bertz CT molecular complexity index is 971. The van der Waals surface area contributed by atoms with Crippen LogP contribution in [-0.2, 0) is 0 Å². The van der Waals surface area contributed by atoms with Crippen LogP contribution in [0.1, 0.15) is 32.1 Å². The molecule has 0 radical (unpaired) electrons. The van der Waals surface area contributed by atoms with E-state index in [1.54, 1.807) is 6.07 Å². The van der Waals surface area contributed by atoms with Crippen LogP contribution in [-0.4, -0.2) is 55.2 Å². The summed E-state index contributed by atoms with van der Waals surface area (Å²) in [7, 11) is 4.15. The normalized spacial score (nSPS) is 24.7. The molecular formula is C22H27BrClFN4O. The maximum absolute atomic E-state index is 15.1. The van der Waals surface area contributed by atoms with Crippen LogP contribution >= 0.6 is 27.5 Å². The number of aromatic nitrogens is 2. The Kier molecular flexibility index (Phi) is 5.35. The Hall–Kier alpha value is -1.18. The highest BCUT2D eigenvalue weighted by molar-refractivity contribution is 9.10. The summed E-state index contributed by atoms with van der Waals surface area (Å²) in [4.78, 5) is 13.7. The molecule has 1 saturated heterocycles. The number of ether oxygens (including phenoxy) is 1. The lowest BCUT2D eigenvalue weighted by Gasteiger charge is -2.33. The Morgan fingerprint density at radius 1 is 1.27 bits per heavy atom. The highest BCUT2D eigenvalue weighted by Crippen LogP contribution is 2.46. The molecule has 0 spiro atoms. The minimum atomic E-state index is -0.458. The van der Waals surface area contributed by atoms with Gasteiger partial charge >= 0.3 is 6.01 Å². The molecule has 1 aromatic heterocycles. The number of fused-ring (bicyclic) bond motifs is 3. The van der Waals surface area contributed by atoms with Gasteiger partial charge in [-0.05, 0) is 80.0 Å². The zero-order valence-electron chi connectivity index (χ0n) is 17.4. The molecular weight excluding hydrogens is 471 g/mol. The number of rotatable bonds is 6. The van der Waals surface area contributed by atoms with Crippen LogP contribution in [0.25, 0.3) is 10.9 Å². The Morgan fingerprint density at radius 3 is 2.60 bits per heavy atom. The fourth-order valence-electron chi connectivity index (χ4n) is 5.24. The number of hydrogen-bond donors (Lipinski definition) is 0. The molecule has 2 bridgehead atoms. The van der Waals surface area contributed by atoms with Crippen LogP contribution < -0.4 is 9.64 Å². The van der Waals surface area contributed by atoms with Gasteiger partial charge in [0.1, 0.15) is 11.3 Å². The second-order valence-electron chi connectivity index (χ2n) is 9.69. The van der Waals surface area contributed by atoms with E-state index in [9.17, 15) is 0 Å². The third-order valence-electron chi connectivity index (χ3n) is 6.81. The zero-order valence-corrected chi connectivity index (χ0v) is 19.8. The minimum absolute atomic E-state index is 0.158. The van der Waals surface area contributed by atoms with Crippen LogP contribution in [0, 0.1) is 23.1 Å². The molecule has 2 saturated carbocycles. The average Bonchev–Trinajstić information content (AvgIpc) is 3.39. The molecule has 0 N–H and O–H groups in total. The quantitative estimate of drug-likeness (QED) is 0.517. The van der Waals surface area contributed by atoms with Crippen molar-refractivity contribution in [1.29, 1.82) is 0 Å². The molecule has 5 nitrogen and oxygen atoms in total. The largest absolute Gasteiger partial charge is 0.463 e. The third kappa shape index (κ3) is 3.89. The summed E-state index contributed by atoms with van der Waals surface area (Å²) in [6.45, 7) is 3.42. The first-order valence-electron chi connectivity index (χ1n) is 10.7. The molecule has 8 heteroatoms. The Labute approximate surface area is 190 Å². The van der Waals surface area contributed by atoms with Crippen molar-refractivity contribution in [1.82, 2.24) is 14.9 Å². The molecule has 162 valence electrons.